The molecular weight excluding hydrogens is 216 g/mol. The minimum absolute atomic E-state index is 0. The SMILES string of the molecule is Cl.c1cc(-c2ccc3c(c2)OCO3)[nH]n1. The lowest BCUT2D eigenvalue weighted by atomic mass is 10.1. The van der Waals surface area contributed by atoms with Gasteiger partial charge in [0, 0.05) is 11.8 Å². The van der Waals surface area contributed by atoms with E-state index in [0.29, 0.717) is 6.79 Å². The molecule has 4 nitrogen and oxygen atoms in total. The number of nitrogens with zero attached hydrogens (tertiary/aromatic N) is 1. The van der Waals surface area contributed by atoms with E-state index in [4.69, 9.17) is 9.47 Å². The van der Waals surface area contributed by atoms with Gasteiger partial charge >= 0.3 is 0 Å². The van der Waals surface area contributed by atoms with Crippen LogP contribution in [0.1, 0.15) is 0 Å². The number of benzene rings is 1. The number of nitrogens with one attached hydrogen (secondary N) is 1. The molecule has 0 unspecified atom stereocenters. The van der Waals surface area contributed by atoms with Crippen molar-refractivity contribution < 1.29 is 9.47 Å². The molecule has 1 aromatic carbocycles. The van der Waals surface area contributed by atoms with Crippen LogP contribution < -0.4 is 9.47 Å². The molecule has 0 saturated carbocycles. The Labute approximate surface area is 92.6 Å². The van der Waals surface area contributed by atoms with E-state index < -0.39 is 0 Å². The lowest BCUT2D eigenvalue weighted by Crippen LogP contribution is -1.92. The molecule has 0 bridgehead atoms. The number of ether oxygens (including phenoxy) is 2. The van der Waals surface area contributed by atoms with Crippen molar-refractivity contribution in [3.05, 3.63) is 30.5 Å². The van der Waals surface area contributed by atoms with Gasteiger partial charge in [0.15, 0.2) is 11.5 Å². The largest absolute Gasteiger partial charge is 0.454 e. The van der Waals surface area contributed by atoms with E-state index in [-0.39, 0.29) is 12.4 Å². The fraction of sp³-hybridized carbons (Fsp3) is 0.100. The van der Waals surface area contributed by atoms with Crippen molar-refractivity contribution in [1.29, 1.82) is 0 Å². The van der Waals surface area contributed by atoms with E-state index in [2.05, 4.69) is 10.2 Å². The Hall–Kier alpha value is -1.68. The minimum Gasteiger partial charge on any atom is -0.454 e. The van der Waals surface area contributed by atoms with E-state index in [1.807, 2.05) is 24.3 Å². The highest BCUT2D eigenvalue weighted by atomic mass is 35.5. The van der Waals surface area contributed by atoms with Crippen LogP contribution in [0.25, 0.3) is 11.3 Å². The zero-order valence-corrected chi connectivity index (χ0v) is 8.58. The quantitative estimate of drug-likeness (QED) is 0.808. The van der Waals surface area contributed by atoms with Gasteiger partial charge in [-0.2, -0.15) is 5.10 Å². The standard InChI is InChI=1S/C10H8N2O2.ClH/c1-2-9-10(14-6-13-9)5-7(1)8-3-4-11-12-8;/h1-5H,6H2,(H,11,12);1H. The summed E-state index contributed by atoms with van der Waals surface area (Å²) in [6.07, 6.45) is 1.72. The maximum atomic E-state index is 5.28. The third kappa shape index (κ3) is 1.64. The molecule has 5 heteroatoms. The Balaban J connectivity index is 0.000000853. The van der Waals surface area contributed by atoms with Crippen LogP contribution in [0.5, 0.6) is 11.5 Å². The zero-order chi connectivity index (χ0) is 9.38. The molecule has 1 aliphatic heterocycles. The number of hydrogen-bond donors (Lipinski definition) is 1. The first kappa shape index (κ1) is 9.86. The second kappa shape index (κ2) is 3.82. The fourth-order valence-electron chi connectivity index (χ4n) is 1.48. The van der Waals surface area contributed by atoms with Crippen molar-refractivity contribution >= 4 is 12.4 Å². The molecule has 15 heavy (non-hydrogen) atoms. The van der Waals surface area contributed by atoms with Gasteiger partial charge < -0.3 is 9.47 Å². The summed E-state index contributed by atoms with van der Waals surface area (Å²) in [4.78, 5) is 0. The van der Waals surface area contributed by atoms with Crippen LogP contribution in [-0.2, 0) is 0 Å². The molecule has 0 atom stereocenters. The first-order valence-corrected chi connectivity index (χ1v) is 4.33. The van der Waals surface area contributed by atoms with Gasteiger partial charge in [-0.1, -0.05) is 0 Å². The zero-order valence-electron chi connectivity index (χ0n) is 7.77. The van der Waals surface area contributed by atoms with Crippen LogP contribution in [0.4, 0.5) is 0 Å². The number of halogens is 1. The second-order valence-electron chi connectivity index (χ2n) is 3.04. The molecule has 0 spiro atoms. The van der Waals surface area contributed by atoms with E-state index in [1.54, 1.807) is 6.20 Å². The average molecular weight is 225 g/mol. The number of aromatic nitrogens is 2. The van der Waals surface area contributed by atoms with Gasteiger partial charge in [-0.05, 0) is 24.3 Å². The summed E-state index contributed by atoms with van der Waals surface area (Å²) in [7, 11) is 0. The Bertz CT molecular complexity index is 456. The van der Waals surface area contributed by atoms with Crippen LogP contribution >= 0.6 is 12.4 Å². The summed E-state index contributed by atoms with van der Waals surface area (Å²) < 4.78 is 10.5. The normalized spacial score (nSPS) is 12.3. The van der Waals surface area contributed by atoms with E-state index >= 15 is 0 Å². The predicted molar refractivity (Wildman–Crippen MR) is 57.4 cm³/mol. The van der Waals surface area contributed by atoms with Gasteiger partial charge in [-0.15, -0.1) is 12.4 Å². The second-order valence-corrected chi connectivity index (χ2v) is 3.04. The summed E-state index contributed by atoms with van der Waals surface area (Å²) in [6, 6.07) is 7.73. The monoisotopic (exact) mass is 224 g/mol. The molecule has 78 valence electrons. The van der Waals surface area contributed by atoms with Crippen LogP contribution in [-0.4, -0.2) is 17.0 Å². The molecule has 2 heterocycles. The predicted octanol–water partition coefficient (Wildman–Crippen LogP) is 2.23. The van der Waals surface area contributed by atoms with E-state index in [1.165, 1.54) is 0 Å². The van der Waals surface area contributed by atoms with Gasteiger partial charge in [-0.25, -0.2) is 0 Å². The molecule has 1 aromatic heterocycles. The Kier molecular flexibility index (Phi) is 2.51. The van der Waals surface area contributed by atoms with Gasteiger partial charge in [0.2, 0.25) is 6.79 Å². The van der Waals surface area contributed by atoms with Crippen LogP contribution in [0.15, 0.2) is 30.5 Å². The molecular formula is C10H9ClN2O2. The van der Waals surface area contributed by atoms with E-state index in [9.17, 15) is 0 Å². The molecule has 1 N–H and O–H groups in total. The summed E-state index contributed by atoms with van der Waals surface area (Å²) in [5.41, 5.74) is 2.02. The van der Waals surface area contributed by atoms with Gasteiger partial charge in [0.1, 0.15) is 0 Å². The summed E-state index contributed by atoms with van der Waals surface area (Å²) in [6.45, 7) is 0.307. The fourth-order valence-corrected chi connectivity index (χ4v) is 1.48. The van der Waals surface area contributed by atoms with E-state index in [0.717, 1.165) is 22.8 Å². The molecule has 1 aliphatic rings. The highest BCUT2D eigenvalue weighted by molar-refractivity contribution is 5.85. The number of fused-ring (bicyclic) bond motifs is 1. The minimum atomic E-state index is 0. The molecule has 2 aromatic rings. The van der Waals surface area contributed by atoms with Gasteiger partial charge in [-0.3, -0.25) is 5.10 Å². The van der Waals surface area contributed by atoms with Crippen LogP contribution in [0.3, 0.4) is 0 Å². The lowest BCUT2D eigenvalue weighted by Gasteiger charge is -1.99. The number of rotatable bonds is 1. The highest BCUT2D eigenvalue weighted by Crippen LogP contribution is 2.35. The lowest BCUT2D eigenvalue weighted by molar-refractivity contribution is 0.174. The number of H-pyrrole nitrogens is 1. The Morgan fingerprint density at radius 2 is 2.00 bits per heavy atom. The van der Waals surface area contributed by atoms with Crippen molar-refractivity contribution in [1.82, 2.24) is 10.2 Å². The summed E-state index contributed by atoms with van der Waals surface area (Å²) in [5, 5.41) is 6.79. The first-order valence-electron chi connectivity index (χ1n) is 4.33. The number of hydrogen-bond acceptors (Lipinski definition) is 3. The molecule has 0 fully saturated rings. The summed E-state index contributed by atoms with van der Waals surface area (Å²) >= 11 is 0. The smallest absolute Gasteiger partial charge is 0.231 e. The van der Waals surface area contributed by atoms with Crippen molar-refractivity contribution in [2.45, 2.75) is 0 Å². The molecule has 3 rings (SSSR count). The maximum absolute atomic E-state index is 5.28. The van der Waals surface area contributed by atoms with Crippen LogP contribution in [0.2, 0.25) is 0 Å². The van der Waals surface area contributed by atoms with Crippen molar-refractivity contribution in [3.8, 4) is 22.8 Å². The van der Waals surface area contributed by atoms with Crippen molar-refractivity contribution in [2.75, 3.05) is 6.79 Å². The summed E-state index contributed by atoms with van der Waals surface area (Å²) in [5.74, 6) is 1.59. The first-order chi connectivity index (χ1) is 6.93. The molecule has 0 radical (unpaired) electrons. The topological polar surface area (TPSA) is 47.1 Å². The third-order valence-electron chi connectivity index (χ3n) is 2.18. The van der Waals surface area contributed by atoms with Gasteiger partial charge in [0.05, 0.1) is 5.69 Å². The Morgan fingerprint density at radius 1 is 1.13 bits per heavy atom. The Morgan fingerprint density at radius 3 is 2.80 bits per heavy atom. The highest BCUT2D eigenvalue weighted by Gasteiger charge is 2.13. The van der Waals surface area contributed by atoms with Gasteiger partial charge in [0.25, 0.3) is 0 Å². The number of aromatic amines is 1. The molecule has 0 amide bonds. The molecule has 0 aliphatic carbocycles. The molecule has 0 saturated heterocycles. The average Bonchev–Trinajstić information content (AvgIpc) is 2.88. The maximum Gasteiger partial charge on any atom is 0.231 e. The third-order valence-corrected chi connectivity index (χ3v) is 2.18. The van der Waals surface area contributed by atoms with Crippen molar-refractivity contribution in [2.24, 2.45) is 0 Å². The van der Waals surface area contributed by atoms with Crippen molar-refractivity contribution in [3.63, 3.8) is 0 Å². The van der Waals surface area contributed by atoms with Crippen LogP contribution in [0, 0.1) is 0 Å².